The molecule has 1 aromatic carbocycles. The summed E-state index contributed by atoms with van der Waals surface area (Å²) in [6, 6.07) is 5.23. The van der Waals surface area contributed by atoms with E-state index in [1.807, 2.05) is 26.8 Å². The highest BCUT2D eigenvalue weighted by atomic mass is 35.5. The van der Waals surface area contributed by atoms with E-state index in [1.54, 1.807) is 19.2 Å². The number of carbonyl (C=O) groups is 1. The quantitative estimate of drug-likeness (QED) is 0.312. The monoisotopic (exact) mass is 408 g/mol. The van der Waals surface area contributed by atoms with Gasteiger partial charge in [-0.05, 0) is 32.9 Å². The van der Waals surface area contributed by atoms with E-state index in [0.717, 1.165) is 11.4 Å². The molecule has 0 bridgehead atoms. The molecule has 2 aromatic rings. The van der Waals surface area contributed by atoms with Gasteiger partial charge < -0.3 is 9.47 Å². The summed E-state index contributed by atoms with van der Waals surface area (Å²) in [5, 5.41) is 4.94. The molecule has 0 fully saturated rings. The minimum absolute atomic E-state index is 0.154. The molecule has 0 saturated heterocycles. The maximum atomic E-state index is 12.0. The molecule has 9 heteroatoms. The minimum atomic E-state index is -0.270. The van der Waals surface area contributed by atoms with Crippen LogP contribution in [0.15, 0.2) is 28.5 Å². The second kappa shape index (κ2) is 10.1. The molecule has 27 heavy (non-hydrogen) atoms. The third kappa shape index (κ3) is 6.41. The molecule has 0 aliphatic carbocycles. The molecular weight excluding hydrogens is 388 g/mol. The summed E-state index contributed by atoms with van der Waals surface area (Å²) in [6.07, 6.45) is 1.46. The summed E-state index contributed by atoms with van der Waals surface area (Å²) in [7, 11) is 1.54. The molecule has 1 aromatic heterocycles. The first-order valence-corrected chi connectivity index (χ1v) is 9.56. The SMILES string of the molecule is CCOc1cc(/C=N\NC(=O)CSc2nc(C)cc(C)n2)c(Cl)cc1OC. The van der Waals surface area contributed by atoms with E-state index in [-0.39, 0.29) is 11.7 Å². The molecule has 1 heterocycles. The highest BCUT2D eigenvalue weighted by Crippen LogP contribution is 2.32. The predicted molar refractivity (Wildman–Crippen MR) is 107 cm³/mol. The zero-order valence-electron chi connectivity index (χ0n) is 15.6. The third-order valence-electron chi connectivity index (χ3n) is 3.27. The number of halogens is 1. The van der Waals surface area contributed by atoms with Crippen molar-refractivity contribution in [3.05, 3.63) is 40.2 Å². The number of hydrazone groups is 1. The van der Waals surface area contributed by atoms with Gasteiger partial charge in [0.25, 0.3) is 5.91 Å². The lowest BCUT2D eigenvalue weighted by molar-refractivity contribution is -0.118. The number of nitrogens with zero attached hydrogens (tertiary/aromatic N) is 3. The number of hydrogen-bond donors (Lipinski definition) is 1. The molecule has 0 saturated carbocycles. The van der Waals surface area contributed by atoms with Crippen LogP contribution in [0.25, 0.3) is 0 Å². The lowest BCUT2D eigenvalue weighted by Crippen LogP contribution is -2.19. The summed E-state index contributed by atoms with van der Waals surface area (Å²) in [5.74, 6) is 0.974. The zero-order chi connectivity index (χ0) is 19.8. The maximum absolute atomic E-state index is 12.0. The van der Waals surface area contributed by atoms with Crippen molar-refractivity contribution in [3.63, 3.8) is 0 Å². The first-order valence-electron chi connectivity index (χ1n) is 8.20. The Morgan fingerprint density at radius 3 is 2.59 bits per heavy atom. The fourth-order valence-electron chi connectivity index (χ4n) is 2.17. The van der Waals surface area contributed by atoms with E-state index in [2.05, 4.69) is 20.5 Å². The number of methoxy groups -OCH3 is 1. The summed E-state index contributed by atoms with van der Waals surface area (Å²) < 4.78 is 10.7. The zero-order valence-corrected chi connectivity index (χ0v) is 17.1. The van der Waals surface area contributed by atoms with Crippen molar-refractivity contribution in [2.45, 2.75) is 25.9 Å². The number of amides is 1. The van der Waals surface area contributed by atoms with Crippen LogP contribution in [0.1, 0.15) is 23.9 Å². The van der Waals surface area contributed by atoms with Crippen molar-refractivity contribution in [1.82, 2.24) is 15.4 Å². The molecule has 1 N–H and O–H groups in total. The number of ether oxygens (including phenoxy) is 2. The number of aromatic nitrogens is 2. The highest BCUT2D eigenvalue weighted by molar-refractivity contribution is 7.99. The third-order valence-corrected chi connectivity index (χ3v) is 4.44. The lowest BCUT2D eigenvalue weighted by Gasteiger charge is -2.11. The van der Waals surface area contributed by atoms with E-state index in [9.17, 15) is 4.79 Å². The Bertz CT molecular complexity index is 825. The van der Waals surface area contributed by atoms with Crippen LogP contribution in [0, 0.1) is 13.8 Å². The largest absolute Gasteiger partial charge is 0.493 e. The van der Waals surface area contributed by atoms with E-state index >= 15 is 0 Å². The number of aryl methyl sites for hydroxylation is 2. The molecule has 0 atom stereocenters. The van der Waals surface area contributed by atoms with Crippen LogP contribution in [-0.4, -0.2) is 41.6 Å². The highest BCUT2D eigenvalue weighted by Gasteiger charge is 2.10. The minimum Gasteiger partial charge on any atom is -0.493 e. The second-order valence-electron chi connectivity index (χ2n) is 5.47. The Balaban J connectivity index is 1.96. The van der Waals surface area contributed by atoms with E-state index < -0.39 is 0 Å². The van der Waals surface area contributed by atoms with E-state index in [4.69, 9.17) is 21.1 Å². The van der Waals surface area contributed by atoms with Crippen molar-refractivity contribution >= 4 is 35.5 Å². The van der Waals surface area contributed by atoms with Crippen molar-refractivity contribution < 1.29 is 14.3 Å². The van der Waals surface area contributed by atoms with Gasteiger partial charge in [-0.15, -0.1) is 0 Å². The molecule has 0 unspecified atom stereocenters. The molecule has 7 nitrogen and oxygen atoms in total. The number of nitrogens with one attached hydrogen (secondary N) is 1. The van der Waals surface area contributed by atoms with E-state index in [0.29, 0.717) is 33.8 Å². The average Bonchev–Trinajstić information content (AvgIpc) is 2.61. The number of benzene rings is 1. The first-order chi connectivity index (χ1) is 12.9. The van der Waals surface area contributed by atoms with E-state index in [1.165, 1.54) is 18.0 Å². The number of hydrogen-bond acceptors (Lipinski definition) is 7. The molecular formula is C18H21ClN4O3S. The van der Waals surface area contributed by atoms with Crippen LogP contribution >= 0.6 is 23.4 Å². The molecule has 1 amide bonds. The van der Waals surface area contributed by atoms with Gasteiger partial charge in [-0.3, -0.25) is 4.79 Å². The van der Waals surface area contributed by atoms with Crippen LogP contribution < -0.4 is 14.9 Å². The van der Waals surface area contributed by atoms with Crippen molar-refractivity contribution in [2.24, 2.45) is 5.10 Å². The molecule has 0 aliphatic rings. The number of carbonyl (C=O) groups excluding carboxylic acids is 1. The average molecular weight is 409 g/mol. The van der Waals surface area contributed by atoms with Crippen LogP contribution in [0.4, 0.5) is 0 Å². The lowest BCUT2D eigenvalue weighted by atomic mass is 10.2. The molecule has 2 rings (SSSR count). The standard InChI is InChI=1S/C18H21ClN4O3S/c1-5-26-16-7-13(14(19)8-15(16)25-4)9-20-23-17(24)10-27-18-21-11(2)6-12(3)22-18/h6-9H,5,10H2,1-4H3,(H,23,24)/b20-9-. The molecule has 144 valence electrons. The topological polar surface area (TPSA) is 85.7 Å². The summed E-state index contributed by atoms with van der Waals surface area (Å²) in [6.45, 7) is 6.14. The van der Waals surface area contributed by atoms with Gasteiger partial charge in [0.2, 0.25) is 0 Å². The first kappa shape index (κ1) is 21.0. The van der Waals surface area contributed by atoms with Gasteiger partial charge in [-0.2, -0.15) is 5.10 Å². The van der Waals surface area contributed by atoms with Gasteiger partial charge in [0, 0.05) is 23.0 Å². The molecule has 0 radical (unpaired) electrons. The Morgan fingerprint density at radius 1 is 1.26 bits per heavy atom. The van der Waals surface area contributed by atoms with Crippen LogP contribution in [-0.2, 0) is 4.79 Å². The Morgan fingerprint density at radius 2 is 1.96 bits per heavy atom. The summed E-state index contributed by atoms with van der Waals surface area (Å²) in [4.78, 5) is 20.5. The normalized spacial score (nSPS) is 10.9. The van der Waals surface area contributed by atoms with Gasteiger partial charge in [0.1, 0.15) is 0 Å². The van der Waals surface area contributed by atoms with Crippen molar-refractivity contribution in [2.75, 3.05) is 19.5 Å². The predicted octanol–water partition coefficient (Wildman–Crippen LogP) is 3.40. The van der Waals surface area contributed by atoms with Gasteiger partial charge >= 0.3 is 0 Å². The Labute approximate surface area is 167 Å². The Hall–Kier alpha value is -2.32. The number of thioether (sulfide) groups is 1. The second-order valence-corrected chi connectivity index (χ2v) is 6.82. The number of rotatable bonds is 8. The summed E-state index contributed by atoms with van der Waals surface area (Å²) >= 11 is 7.46. The molecule has 0 spiro atoms. The van der Waals surface area contributed by atoms with Crippen molar-refractivity contribution in [1.29, 1.82) is 0 Å². The van der Waals surface area contributed by atoms with Gasteiger partial charge in [0.15, 0.2) is 16.7 Å². The maximum Gasteiger partial charge on any atom is 0.250 e. The van der Waals surface area contributed by atoms with Gasteiger partial charge in [0.05, 0.1) is 30.7 Å². The van der Waals surface area contributed by atoms with Crippen LogP contribution in [0.5, 0.6) is 11.5 Å². The smallest absolute Gasteiger partial charge is 0.250 e. The van der Waals surface area contributed by atoms with Crippen molar-refractivity contribution in [3.8, 4) is 11.5 Å². The fourth-order valence-corrected chi connectivity index (χ4v) is 3.12. The summed E-state index contributed by atoms with van der Waals surface area (Å²) in [5.41, 5.74) is 4.79. The van der Waals surface area contributed by atoms with Crippen LogP contribution in [0.2, 0.25) is 5.02 Å². The van der Waals surface area contributed by atoms with Crippen LogP contribution in [0.3, 0.4) is 0 Å². The molecule has 0 aliphatic heterocycles. The van der Waals surface area contributed by atoms with Gasteiger partial charge in [-0.1, -0.05) is 23.4 Å². The fraction of sp³-hybridized carbons (Fsp3) is 0.333. The Kier molecular flexibility index (Phi) is 7.87. The van der Waals surface area contributed by atoms with Gasteiger partial charge in [-0.25, -0.2) is 15.4 Å².